The Hall–Kier alpha value is -0.536. The van der Waals surface area contributed by atoms with E-state index in [-0.39, 0.29) is 5.67 Å². The molecule has 0 fully saturated rings. The van der Waals surface area contributed by atoms with Crippen molar-refractivity contribution in [2.45, 2.75) is 93.5 Å². The van der Waals surface area contributed by atoms with E-state index in [1.54, 1.807) is 0 Å². The average molecular weight is 500 g/mol. The van der Waals surface area contributed by atoms with Gasteiger partial charge in [-0.25, -0.2) is 4.79 Å². The van der Waals surface area contributed by atoms with E-state index in [1.807, 2.05) is 75.8 Å². The number of rotatable bonds is 15. The second-order valence-electron chi connectivity index (χ2n) is 7.67. The van der Waals surface area contributed by atoms with Crippen LogP contribution in [0, 0.1) is 0 Å². The van der Waals surface area contributed by atoms with Crippen molar-refractivity contribution in [1.29, 1.82) is 0 Å². The van der Waals surface area contributed by atoms with E-state index in [2.05, 4.69) is 5.32 Å². The summed E-state index contributed by atoms with van der Waals surface area (Å²) in [6.45, 7) is 24.2. The van der Waals surface area contributed by atoms with Crippen molar-refractivity contribution in [3.63, 3.8) is 0 Å². The van der Waals surface area contributed by atoms with Gasteiger partial charge in [0.05, 0.1) is 0 Å². The maximum atomic E-state index is 12.0. The molecule has 32 heavy (non-hydrogen) atoms. The van der Waals surface area contributed by atoms with Crippen LogP contribution in [0.5, 0.6) is 0 Å². The van der Waals surface area contributed by atoms with Crippen LogP contribution in [0.4, 0.5) is 4.79 Å². The fourth-order valence-corrected chi connectivity index (χ4v) is 7.51. The molecule has 194 valence electrons. The van der Waals surface area contributed by atoms with E-state index in [0.29, 0.717) is 46.1 Å². The number of hydrogen-bond acceptors (Lipinski definition) is 8. The van der Waals surface area contributed by atoms with Gasteiger partial charge in [0.25, 0.3) is 0 Å². The smallest absolute Gasteiger partial charge is 0.444 e. The van der Waals surface area contributed by atoms with E-state index in [9.17, 15) is 4.79 Å². The van der Waals surface area contributed by atoms with Crippen LogP contribution in [0.15, 0.2) is 0 Å². The zero-order valence-electron chi connectivity index (χ0n) is 22.3. The summed E-state index contributed by atoms with van der Waals surface area (Å²) in [5.74, 6) is 0. The largest absolute Gasteiger partial charge is 0.524 e. The van der Waals surface area contributed by atoms with Crippen LogP contribution in [0.2, 0.25) is 6.55 Å². The maximum Gasteiger partial charge on any atom is 0.524 e. The molecule has 0 spiro atoms. The lowest BCUT2D eigenvalue weighted by Crippen LogP contribution is -2.63. The van der Waals surface area contributed by atoms with Crippen molar-refractivity contribution in [2.24, 2.45) is 0 Å². The molecular formula is C21H49NO8Si2. The van der Waals surface area contributed by atoms with Crippen molar-refractivity contribution >= 4 is 23.7 Å². The lowest BCUT2D eigenvalue weighted by atomic mass is 10.2. The zero-order chi connectivity index (χ0) is 25.3. The first-order valence-corrected chi connectivity index (χ1v) is 15.8. The number of carbonyl (C=O) groups is 1. The van der Waals surface area contributed by atoms with Gasteiger partial charge in [-0.2, -0.15) is 0 Å². The SMILES string of the molecule is CCO[Si](C)(OCC)OCC.CCO[Si](OCC)(OCC)C(CC)NC(=O)OC(C)(C)C. The molecule has 0 aliphatic heterocycles. The molecule has 0 aliphatic rings. The monoisotopic (exact) mass is 499 g/mol. The van der Waals surface area contributed by atoms with Crippen molar-refractivity contribution in [2.75, 3.05) is 39.6 Å². The molecule has 11 heteroatoms. The summed E-state index contributed by atoms with van der Waals surface area (Å²) in [7, 11) is -5.22. The quantitative estimate of drug-likeness (QED) is 0.328. The Morgan fingerprint density at radius 2 is 1.06 bits per heavy atom. The second kappa shape index (κ2) is 17.9. The minimum Gasteiger partial charge on any atom is -0.444 e. The third-order valence-corrected chi connectivity index (χ3v) is 9.70. The number of nitrogens with one attached hydrogen (secondary N) is 1. The van der Waals surface area contributed by atoms with Crippen LogP contribution in [0.25, 0.3) is 0 Å². The molecular weight excluding hydrogens is 450 g/mol. The fourth-order valence-electron chi connectivity index (χ4n) is 2.83. The maximum absolute atomic E-state index is 12.0. The molecule has 0 saturated heterocycles. The van der Waals surface area contributed by atoms with Gasteiger partial charge in [0.1, 0.15) is 11.3 Å². The number of carbonyl (C=O) groups excluding carboxylic acids is 1. The van der Waals surface area contributed by atoms with Crippen LogP contribution in [-0.4, -0.2) is 74.6 Å². The third kappa shape index (κ3) is 14.6. The summed E-state index contributed by atoms with van der Waals surface area (Å²) >= 11 is 0. The second-order valence-corrected chi connectivity index (χ2v) is 13.0. The molecule has 0 rings (SSSR count). The molecule has 0 aromatic carbocycles. The predicted octanol–water partition coefficient (Wildman–Crippen LogP) is 4.54. The van der Waals surface area contributed by atoms with Gasteiger partial charge < -0.3 is 36.6 Å². The van der Waals surface area contributed by atoms with Crippen molar-refractivity contribution < 1.29 is 36.1 Å². The van der Waals surface area contributed by atoms with Gasteiger partial charge in [-0.1, -0.05) is 6.92 Å². The Morgan fingerprint density at radius 1 is 0.719 bits per heavy atom. The molecule has 0 aliphatic carbocycles. The molecule has 0 bridgehead atoms. The van der Waals surface area contributed by atoms with E-state index in [1.165, 1.54) is 0 Å². The van der Waals surface area contributed by atoms with Gasteiger partial charge in [0.15, 0.2) is 0 Å². The number of alkyl carbamates (subject to hydrolysis) is 1. The lowest BCUT2D eigenvalue weighted by molar-refractivity contribution is 0.0374. The van der Waals surface area contributed by atoms with E-state index < -0.39 is 29.3 Å². The van der Waals surface area contributed by atoms with Crippen molar-refractivity contribution in [1.82, 2.24) is 5.32 Å². The minimum absolute atomic E-state index is 0.327. The zero-order valence-corrected chi connectivity index (χ0v) is 24.3. The summed E-state index contributed by atoms with van der Waals surface area (Å²) in [5, 5.41) is 2.84. The normalized spacial score (nSPS) is 13.2. The highest BCUT2D eigenvalue weighted by atomic mass is 28.4. The van der Waals surface area contributed by atoms with Gasteiger partial charge in [-0.3, -0.25) is 0 Å². The number of ether oxygens (including phenoxy) is 1. The Kier molecular flexibility index (Phi) is 18.8. The Morgan fingerprint density at radius 3 is 1.31 bits per heavy atom. The first-order valence-electron chi connectivity index (χ1n) is 11.8. The highest BCUT2D eigenvalue weighted by Crippen LogP contribution is 2.19. The lowest BCUT2D eigenvalue weighted by Gasteiger charge is -2.35. The standard InChI is InChI=1S/C14H31NO5Si.C7H18O3Si/c1-8-12(15-13(16)20-14(5,6)7)21(17-9-2,18-10-3)19-11-4;1-5-8-11(4,9-6-2)10-7-3/h12H,8-11H2,1-7H3,(H,15,16);5-7H2,1-4H3. The predicted molar refractivity (Wildman–Crippen MR) is 131 cm³/mol. The Bertz CT molecular complexity index is 443. The Balaban J connectivity index is 0. The molecule has 0 saturated carbocycles. The number of amides is 1. The summed E-state index contributed by atoms with van der Waals surface area (Å²) in [4.78, 5) is 12.0. The Labute approximate surface area is 198 Å². The van der Waals surface area contributed by atoms with Gasteiger partial charge in [0, 0.05) is 46.2 Å². The fraction of sp³-hybridized carbons (Fsp3) is 0.952. The molecule has 0 radical (unpaired) electrons. The molecule has 0 heterocycles. The van der Waals surface area contributed by atoms with Gasteiger partial charge in [-0.05, 0) is 68.7 Å². The van der Waals surface area contributed by atoms with Gasteiger partial charge in [-0.15, -0.1) is 0 Å². The van der Waals surface area contributed by atoms with E-state index in [4.69, 9.17) is 31.3 Å². The first kappa shape index (κ1) is 33.6. The van der Waals surface area contributed by atoms with Gasteiger partial charge in [0.2, 0.25) is 0 Å². The van der Waals surface area contributed by atoms with E-state index >= 15 is 0 Å². The number of hydrogen-bond donors (Lipinski definition) is 1. The van der Waals surface area contributed by atoms with E-state index in [0.717, 1.165) is 0 Å². The molecule has 1 N–H and O–H groups in total. The highest BCUT2D eigenvalue weighted by Gasteiger charge is 2.49. The van der Waals surface area contributed by atoms with Crippen LogP contribution in [0.1, 0.15) is 75.7 Å². The summed E-state index contributed by atoms with van der Waals surface area (Å²) in [5.41, 5.74) is -0.873. The molecule has 0 aromatic rings. The minimum atomic E-state index is -2.98. The molecule has 9 nitrogen and oxygen atoms in total. The highest BCUT2D eigenvalue weighted by molar-refractivity contribution is 6.62. The van der Waals surface area contributed by atoms with Crippen molar-refractivity contribution in [3.05, 3.63) is 0 Å². The average Bonchev–Trinajstić information content (AvgIpc) is 2.66. The van der Waals surface area contributed by atoms with Crippen LogP contribution < -0.4 is 5.32 Å². The molecule has 0 aromatic heterocycles. The summed E-state index contributed by atoms with van der Waals surface area (Å²) in [6.07, 6.45) is 0.163. The first-order chi connectivity index (χ1) is 14.9. The molecule has 1 unspecified atom stereocenters. The van der Waals surface area contributed by atoms with Crippen LogP contribution >= 0.6 is 0 Å². The third-order valence-electron chi connectivity index (χ3n) is 3.78. The van der Waals surface area contributed by atoms with Crippen molar-refractivity contribution in [3.8, 4) is 0 Å². The molecule has 1 atom stereocenters. The molecule has 1 amide bonds. The van der Waals surface area contributed by atoms with Crippen LogP contribution in [-0.2, 0) is 31.3 Å². The summed E-state index contributed by atoms with van der Waals surface area (Å²) < 4.78 is 39.0. The topological polar surface area (TPSA) is 93.7 Å². The van der Waals surface area contributed by atoms with Crippen LogP contribution in [0.3, 0.4) is 0 Å². The summed E-state index contributed by atoms with van der Waals surface area (Å²) in [6, 6.07) is 0. The van der Waals surface area contributed by atoms with Gasteiger partial charge >= 0.3 is 23.7 Å².